The summed E-state index contributed by atoms with van der Waals surface area (Å²) in [7, 11) is 0. The Kier molecular flexibility index (Phi) is 3.37. The smallest absolute Gasteiger partial charge is 0.258 e. The molecule has 0 spiro atoms. The Bertz CT molecular complexity index is 692. The number of anilines is 2. The number of hydrogen-bond acceptors (Lipinski definition) is 2. The Morgan fingerprint density at radius 3 is 2.86 bits per heavy atom. The highest BCUT2D eigenvalue weighted by Gasteiger charge is 2.25. The maximum Gasteiger partial charge on any atom is 0.258 e. The predicted octanol–water partition coefficient (Wildman–Crippen LogP) is 3.31. The highest BCUT2D eigenvalue weighted by molar-refractivity contribution is 6.07. The largest absolute Gasteiger partial charge is 0.398 e. The van der Waals surface area contributed by atoms with E-state index in [2.05, 4.69) is 0 Å². The third-order valence-corrected chi connectivity index (χ3v) is 3.82. The molecule has 0 radical (unpaired) electrons. The van der Waals surface area contributed by atoms with E-state index in [0.717, 1.165) is 29.7 Å². The van der Waals surface area contributed by atoms with Crippen LogP contribution in [0.4, 0.5) is 15.8 Å². The first kappa shape index (κ1) is 13.6. The van der Waals surface area contributed by atoms with Crippen LogP contribution >= 0.6 is 0 Å². The summed E-state index contributed by atoms with van der Waals surface area (Å²) in [6.07, 6.45) is 1.73. The second-order valence-corrected chi connectivity index (χ2v) is 5.42. The highest BCUT2D eigenvalue weighted by atomic mass is 19.1. The molecular weight excluding hydrogens is 267 g/mol. The molecule has 0 atom stereocenters. The van der Waals surface area contributed by atoms with Gasteiger partial charge in [0.05, 0.1) is 0 Å². The number of carbonyl (C=O) groups is 1. The topological polar surface area (TPSA) is 46.3 Å². The lowest BCUT2D eigenvalue weighted by Crippen LogP contribution is -2.35. The minimum atomic E-state index is -0.386. The molecule has 1 amide bonds. The number of aryl methyl sites for hydroxylation is 1. The van der Waals surface area contributed by atoms with Crippen LogP contribution in [-0.2, 0) is 6.42 Å². The van der Waals surface area contributed by atoms with E-state index in [0.29, 0.717) is 17.8 Å². The number of nitrogen functional groups attached to an aromatic ring is 1. The van der Waals surface area contributed by atoms with Gasteiger partial charge in [-0.15, -0.1) is 0 Å². The SMILES string of the molecule is Cc1cc(F)cc(C(=O)N2CCCc3c(N)cccc32)c1. The van der Waals surface area contributed by atoms with Crippen molar-refractivity contribution < 1.29 is 9.18 Å². The van der Waals surface area contributed by atoms with Gasteiger partial charge in [0.2, 0.25) is 0 Å². The molecule has 0 aliphatic carbocycles. The molecule has 3 rings (SSSR count). The minimum absolute atomic E-state index is 0.177. The Morgan fingerprint density at radius 2 is 2.10 bits per heavy atom. The lowest BCUT2D eigenvalue weighted by atomic mass is 9.99. The highest BCUT2D eigenvalue weighted by Crippen LogP contribution is 2.32. The summed E-state index contributed by atoms with van der Waals surface area (Å²) in [6, 6.07) is 10.0. The van der Waals surface area contributed by atoms with Gasteiger partial charge < -0.3 is 10.6 Å². The zero-order valence-electron chi connectivity index (χ0n) is 11.9. The Morgan fingerprint density at radius 1 is 1.29 bits per heavy atom. The second kappa shape index (κ2) is 5.20. The first-order valence-electron chi connectivity index (χ1n) is 7.02. The standard InChI is InChI=1S/C17H17FN2O/c1-11-8-12(10-13(18)9-11)17(21)20-7-3-4-14-15(19)5-2-6-16(14)20/h2,5-6,8-10H,3-4,7,19H2,1H3. The molecule has 0 saturated heterocycles. The van der Waals surface area contributed by atoms with Crippen molar-refractivity contribution >= 4 is 17.3 Å². The number of nitrogens with zero attached hydrogens (tertiary/aromatic N) is 1. The second-order valence-electron chi connectivity index (χ2n) is 5.42. The lowest BCUT2D eigenvalue weighted by Gasteiger charge is -2.30. The van der Waals surface area contributed by atoms with E-state index in [4.69, 9.17) is 5.73 Å². The van der Waals surface area contributed by atoms with Gasteiger partial charge in [0.25, 0.3) is 5.91 Å². The summed E-state index contributed by atoms with van der Waals surface area (Å²) < 4.78 is 13.5. The Balaban J connectivity index is 2.02. The molecule has 4 heteroatoms. The van der Waals surface area contributed by atoms with Crippen molar-refractivity contribution in [1.29, 1.82) is 0 Å². The summed E-state index contributed by atoms with van der Waals surface area (Å²) in [6.45, 7) is 2.41. The van der Waals surface area contributed by atoms with Crippen molar-refractivity contribution in [2.75, 3.05) is 17.2 Å². The van der Waals surface area contributed by atoms with Crippen molar-refractivity contribution in [3.63, 3.8) is 0 Å². The van der Waals surface area contributed by atoms with Crippen molar-refractivity contribution in [3.05, 3.63) is 58.9 Å². The molecule has 0 bridgehead atoms. The summed E-state index contributed by atoms with van der Waals surface area (Å²) in [5, 5.41) is 0. The normalized spacial score (nSPS) is 13.9. The molecule has 1 heterocycles. The number of fused-ring (bicyclic) bond motifs is 1. The van der Waals surface area contributed by atoms with Crippen LogP contribution in [-0.4, -0.2) is 12.5 Å². The molecule has 0 aromatic heterocycles. The molecule has 0 saturated carbocycles. The van der Waals surface area contributed by atoms with Crippen molar-refractivity contribution in [3.8, 4) is 0 Å². The molecule has 0 fully saturated rings. The van der Waals surface area contributed by atoms with Gasteiger partial charge in [0.1, 0.15) is 5.82 Å². The van der Waals surface area contributed by atoms with E-state index in [1.165, 1.54) is 12.1 Å². The number of nitrogens with two attached hydrogens (primary N) is 1. The number of amides is 1. The molecule has 21 heavy (non-hydrogen) atoms. The van der Waals surface area contributed by atoms with Crippen LogP contribution in [0.5, 0.6) is 0 Å². The summed E-state index contributed by atoms with van der Waals surface area (Å²) in [4.78, 5) is 14.4. The quantitative estimate of drug-likeness (QED) is 0.817. The van der Waals surface area contributed by atoms with E-state index >= 15 is 0 Å². The van der Waals surface area contributed by atoms with Crippen LogP contribution in [0.2, 0.25) is 0 Å². The molecule has 2 N–H and O–H groups in total. The first-order valence-corrected chi connectivity index (χ1v) is 7.02. The fraction of sp³-hybridized carbons (Fsp3) is 0.235. The van der Waals surface area contributed by atoms with Gasteiger partial charge in [0, 0.05) is 23.5 Å². The van der Waals surface area contributed by atoms with E-state index in [9.17, 15) is 9.18 Å². The van der Waals surface area contributed by atoms with Gasteiger partial charge in [-0.05, 0) is 61.2 Å². The van der Waals surface area contributed by atoms with Gasteiger partial charge in [-0.2, -0.15) is 0 Å². The third-order valence-electron chi connectivity index (χ3n) is 3.82. The van der Waals surface area contributed by atoms with E-state index in [1.54, 1.807) is 17.9 Å². The fourth-order valence-corrected chi connectivity index (χ4v) is 2.88. The van der Waals surface area contributed by atoms with Crippen molar-refractivity contribution in [1.82, 2.24) is 0 Å². The maximum absolute atomic E-state index is 13.5. The van der Waals surface area contributed by atoms with Crippen LogP contribution in [0.25, 0.3) is 0 Å². The summed E-state index contributed by atoms with van der Waals surface area (Å²) in [5.74, 6) is -0.563. The van der Waals surface area contributed by atoms with Gasteiger partial charge in [-0.1, -0.05) is 6.07 Å². The van der Waals surface area contributed by atoms with Crippen LogP contribution in [0.3, 0.4) is 0 Å². The zero-order chi connectivity index (χ0) is 15.0. The first-order chi connectivity index (χ1) is 10.1. The van der Waals surface area contributed by atoms with Crippen molar-refractivity contribution in [2.45, 2.75) is 19.8 Å². The van der Waals surface area contributed by atoms with Crippen LogP contribution in [0.15, 0.2) is 36.4 Å². The minimum Gasteiger partial charge on any atom is -0.398 e. The molecule has 1 aliphatic rings. The zero-order valence-corrected chi connectivity index (χ0v) is 11.9. The lowest BCUT2D eigenvalue weighted by molar-refractivity contribution is 0.0984. The van der Waals surface area contributed by atoms with Gasteiger partial charge in [-0.3, -0.25) is 4.79 Å². The monoisotopic (exact) mass is 284 g/mol. The molecule has 108 valence electrons. The van der Waals surface area contributed by atoms with Crippen molar-refractivity contribution in [2.24, 2.45) is 0 Å². The number of rotatable bonds is 1. The number of benzene rings is 2. The Labute approximate surface area is 123 Å². The van der Waals surface area contributed by atoms with Gasteiger partial charge in [-0.25, -0.2) is 4.39 Å². The molecular formula is C17H17FN2O. The average molecular weight is 284 g/mol. The van der Waals surface area contributed by atoms with Crippen LogP contribution in [0, 0.1) is 12.7 Å². The van der Waals surface area contributed by atoms with Crippen LogP contribution in [0.1, 0.15) is 27.9 Å². The fourth-order valence-electron chi connectivity index (χ4n) is 2.88. The van der Waals surface area contributed by atoms with E-state index in [-0.39, 0.29) is 11.7 Å². The third kappa shape index (κ3) is 2.49. The molecule has 2 aromatic rings. The van der Waals surface area contributed by atoms with Gasteiger partial charge in [0.15, 0.2) is 0 Å². The van der Waals surface area contributed by atoms with E-state index in [1.807, 2.05) is 18.2 Å². The summed E-state index contributed by atoms with van der Waals surface area (Å²) in [5.41, 5.74) is 9.66. The number of halogens is 1. The van der Waals surface area contributed by atoms with E-state index < -0.39 is 0 Å². The predicted molar refractivity (Wildman–Crippen MR) is 82.0 cm³/mol. The molecule has 3 nitrogen and oxygen atoms in total. The molecule has 0 unspecified atom stereocenters. The average Bonchev–Trinajstić information content (AvgIpc) is 2.45. The summed E-state index contributed by atoms with van der Waals surface area (Å²) >= 11 is 0. The number of hydrogen-bond donors (Lipinski definition) is 1. The molecule has 2 aromatic carbocycles. The van der Waals surface area contributed by atoms with Gasteiger partial charge >= 0.3 is 0 Å². The number of carbonyl (C=O) groups excluding carboxylic acids is 1. The van der Waals surface area contributed by atoms with Crippen LogP contribution < -0.4 is 10.6 Å². The maximum atomic E-state index is 13.5. The molecule has 1 aliphatic heterocycles. The Hall–Kier alpha value is -2.36.